The van der Waals surface area contributed by atoms with Gasteiger partial charge < -0.3 is 14.8 Å². The second-order valence-electron chi connectivity index (χ2n) is 5.48. The average molecular weight is 325 g/mol. The first-order chi connectivity index (χ1) is 11.6. The molecule has 2 aliphatic rings. The second kappa shape index (κ2) is 5.49. The first kappa shape index (κ1) is 14.4. The Morgan fingerprint density at radius 1 is 0.917 bits per heavy atom. The normalized spacial score (nSPS) is 16.4. The van der Waals surface area contributed by atoms with Crippen molar-refractivity contribution in [3.63, 3.8) is 0 Å². The lowest BCUT2D eigenvalue weighted by atomic mass is 9.96. The van der Waals surface area contributed by atoms with E-state index in [0.717, 1.165) is 5.56 Å². The number of hydrogen-bond acceptors (Lipinski definition) is 4. The highest BCUT2D eigenvalue weighted by atomic mass is 19.1. The van der Waals surface area contributed by atoms with Crippen molar-refractivity contribution >= 4 is 28.7 Å². The number of halogens is 1. The van der Waals surface area contributed by atoms with Crippen LogP contribution in [0.2, 0.25) is 0 Å². The third-order valence-corrected chi connectivity index (χ3v) is 3.95. The zero-order valence-electron chi connectivity index (χ0n) is 12.5. The molecule has 0 unspecified atom stereocenters. The maximum atomic E-state index is 13.1. The number of carbonyl (C=O) groups excluding carboxylic acids is 2. The molecule has 4 rings (SSSR count). The number of ether oxygens (including phenoxy) is 2. The highest BCUT2D eigenvalue weighted by Gasteiger charge is 2.28. The summed E-state index contributed by atoms with van der Waals surface area (Å²) in [6.45, 7) is 0.0949. The molecule has 2 heterocycles. The van der Waals surface area contributed by atoms with Gasteiger partial charge in [0.2, 0.25) is 0 Å². The minimum Gasteiger partial charge on any atom is -0.482 e. The third kappa shape index (κ3) is 2.42. The Bertz CT molecular complexity index is 886. The van der Waals surface area contributed by atoms with Gasteiger partial charge in [0.1, 0.15) is 18.2 Å². The summed E-state index contributed by atoms with van der Waals surface area (Å²) in [5, 5.41) is 2.71. The molecule has 6 heteroatoms. The van der Waals surface area contributed by atoms with Crippen LogP contribution in [-0.2, 0) is 14.3 Å². The fourth-order valence-corrected chi connectivity index (χ4v) is 2.81. The SMILES string of the molecule is O=C1COc2ccc(C3=C(c4ccc(F)cc4)COC3=O)cc2N1. The molecule has 0 aromatic heterocycles. The molecule has 1 amide bonds. The summed E-state index contributed by atoms with van der Waals surface area (Å²) in [5.41, 5.74) is 2.93. The Kier molecular flexibility index (Phi) is 3.30. The van der Waals surface area contributed by atoms with Crippen molar-refractivity contribution in [1.82, 2.24) is 0 Å². The summed E-state index contributed by atoms with van der Waals surface area (Å²) in [5.74, 6) is -0.493. The van der Waals surface area contributed by atoms with Gasteiger partial charge in [-0.05, 0) is 35.4 Å². The van der Waals surface area contributed by atoms with Gasteiger partial charge in [0.15, 0.2) is 6.61 Å². The maximum absolute atomic E-state index is 13.1. The Labute approximate surface area is 136 Å². The van der Waals surface area contributed by atoms with E-state index >= 15 is 0 Å². The van der Waals surface area contributed by atoms with Crippen molar-refractivity contribution in [2.75, 3.05) is 18.5 Å². The molecule has 120 valence electrons. The van der Waals surface area contributed by atoms with Crippen molar-refractivity contribution < 1.29 is 23.5 Å². The van der Waals surface area contributed by atoms with Gasteiger partial charge >= 0.3 is 5.97 Å². The van der Waals surface area contributed by atoms with E-state index in [4.69, 9.17) is 9.47 Å². The molecule has 0 spiro atoms. The van der Waals surface area contributed by atoms with Gasteiger partial charge in [0.25, 0.3) is 5.91 Å². The fourth-order valence-electron chi connectivity index (χ4n) is 2.81. The summed E-state index contributed by atoms with van der Waals surface area (Å²) in [6, 6.07) is 11.0. The number of fused-ring (bicyclic) bond motifs is 1. The minimum atomic E-state index is -0.447. The summed E-state index contributed by atoms with van der Waals surface area (Å²) >= 11 is 0. The van der Waals surface area contributed by atoms with Crippen LogP contribution in [0.4, 0.5) is 10.1 Å². The van der Waals surface area contributed by atoms with E-state index in [1.165, 1.54) is 12.1 Å². The first-order valence-corrected chi connectivity index (χ1v) is 7.35. The number of cyclic esters (lactones) is 1. The summed E-state index contributed by atoms with van der Waals surface area (Å²) in [7, 11) is 0. The van der Waals surface area contributed by atoms with E-state index in [0.29, 0.717) is 28.1 Å². The summed E-state index contributed by atoms with van der Waals surface area (Å²) in [6.07, 6.45) is 0. The summed E-state index contributed by atoms with van der Waals surface area (Å²) in [4.78, 5) is 23.7. The Morgan fingerprint density at radius 2 is 1.67 bits per heavy atom. The molecule has 2 aromatic rings. The van der Waals surface area contributed by atoms with Crippen LogP contribution in [0.3, 0.4) is 0 Å². The summed E-state index contributed by atoms with van der Waals surface area (Å²) < 4.78 is 23.6. The van der Waals surface area contributed by atoms with Crippen LogP contribution in [0.25, 0.3) is 11.1 Å². The first-order valence-electron chi connectivity index (χ1n) is 7.35. The number of rotatable bonds is 2. The van der Waals surface area contributed by atoms with Crippen LogP contribution in [-0.4, -0.2) is 25.1 Å². The van der Waals surface area contributed by atoms with E-state index in [9.17, 15) is 14.0 Å². The van der Waals surface area contributed by atoms with E-state index in [1.54, 1.807) is 30.3 Å². The van der Waals surface area contributed by atoms with Gasteiger partial charge in [-0.2, -0.15) is 0 Å². The standard InChI is InChI=1S/C18H12FNO4/c19-12-4-1-10(2-5-12)13-8-24-18(22)17(13)11-3-6-15-14(7-11)20-16(21)9-23-15/h1-7H,8-9H2,(H,20,21). The van der Waals surface area contributed by atoms with Crippen molar-refractivity contribution in [2.24, 2.45) is 0 Å². The number of amides is 1. The molecule has 2 aromatic carbocycles. The van der Waals surface area contributed by atoms with Gasteiger partial charge in [-0.15, -0.1) is 0 Å². The van der Waals surface area contributed by atoms with Crippen molar-refractivity contribution in [3.05, 3.63) is 59.4 Å². The molecule has 0 bridgehead atoms. The molecule has 24 heavy (non-hydrogen) atoms. The molecule has 0 aliphatic carbocycles. The van der Waals surface area contributed by atoms with E-state index in [2.05, 4.69) is 5.32 Å². The van der Waals surface area contributed by atoms with Gasteiger partial charge in [0.05, 0.1) is 11.3 Å². The number of benzene rings is 2. The van der Waals surface area contributed by atoms with E-state index in [1.807, 2.05) is 0 Å². The molecule has 2 aliphatic heterocycles. The van der Waals surface area contributed by atoms with Gasteiger partial charge in [0, 0.05) is 5.57 Å². The van der Waals surface area contributed by atoms with Crippen molar-refractivity contribution in [3.8, 4) is 5.75 Å². The third-order valence-electron chi connectivity index (χ3n) is 3.95. The van der Waals surface area contributed by atoms with Crippen LogP contribution in [0.5, 0.6) is 5.75 Å². The molecular formula is C18H12FNO4. The van der Waals surface area contributed by atoms with Crippen LogP contribution >= 0.6 is 0 Å². The van der Waals surface area contributed by atoms with Crippen LogP contribution in [0.1, 0.15) is 11.1 Å². The van der Waals surface area contributed by atoms with Crippen molar-refractivity contribution in [2.45, 2.75) is 0 Å². The lowest BCUT2D eigenvalue weighted by molar-refractivity contribution is -0.133. The molecular weight excluding hydrogens is 313 g/mol. The van der Waals surface area contributed by atoms with E-state index in [-0.39, 0.29) is 24.9 Å². The number of anilines is 1. The minimum absolute atomic E-state index is 0.0298. The van der Waals surface area contributed by atoms with Crippen LogP contribution < -0.4 is 10.1 Å². The number of esters is 1. The van der Waals surface area contributed by atoms with Gasteiger partial charge in [-0.3, -0.25) is 4.79 Å². The Hall–Kier alpha value is -3.15. The Balaban J connectivity index is 1.82. The molecule has 5 nitrogen and oxygen atoms in total. The largest absolute Gasteiger partial charge is 0.482 e. The van der Waals surface area contributed by atoms with Gasteiger partial charge in [-0.1, -0.05) is 18.2 Å². The number of carbonyl (C=O) groups is 2. The van der Waals surface area contributed by atoms with Crippen LogP contribution in [0.15, 0.2) is 42.5 Å². The smallest absolute Gasteiger partial charge is 0.339 e. The molecule has 1 N–H and O–H groups in total. The number of hydrogen-bond donors (Lipinski definition) is 1. The monoisotopic (exact) mass is 325 g/mol. The zero-order chi connectivity index (χ0) is 16.7. The van der Waals surface area contributed by atoms with E-state index < -0.39 is 5.97 Å². The maximum Gasteiger partial charge on any atom is 0.339 e. The average Bonchev–Trinajstić information content (AvgIpc) is 2.96. The molecule has 0 fully saturated rings. The molecule has 0 saturated carbocycles. The highest BCUT2D eigenvalue weighted by Crippen LogP contribution is 2.37. The fraction of sp³-hybridized carbons (Fsp3) is 0.111. The topological polar surface area (TPSA) is 64.6 Å². The highest BCUT2D eigenvalue weighted by molar-refractivity contribution is 6.27. The van der Waals surface area contributed by atoms with Crippen LogP contribution in [0, 0.1) is 5.82 Å². The predicted octanol–water partition coefficient (Wildman–Crippen LogP) is 2.62. The van der Waals surface area contributed by atoms with Crippen molar-refractivity contribution in [1.29, 1.82) is 0 Å². The lowest BCUT2D eigenvalue weighted by Crippen LogP contribution is -2.25. The lowest BCUT2D eigenvalue weighted by Gasteiger charge is -2.18. The predicted molar refractivity (Wildman–Crippen MR) is 84.7 cm³/mol. The molecule has 0 saturated heterocycles. The second-order valence-corrected chi connectivity index (χ2v) is 5.48. The quantitative estimate of drug-likeness (QED) is 0.862. The molecule has 0 radical (unpaired) electrons. The Morgan fingerprint density at radius 3 is 2.46 bits per heavy atom. The molecule has 0 atom stereocenters. The number of nitrogens with one attached hydrogen (secondary N) is 1. The van der Waals surface area contributed by atoms with Gasteiger partial charge in [-0.25, -0.2) is 9.18 Å². The zero-order valence-corrected chi connectivity index (χ0v) is 12.5.